The van der Waals surface area contributed by atoms with E-state index in [0.717, 1.165) is 23.9 Å². The summed E-state index contributed by atoms with van der Waals surface area (Å²) in [6, 6.07) is 0.590. The third kappa shape index (κ3) is 1.71. The molecule has 3 aliphatic rings. The smallest absolute Gasteiger partial charge is 0.165 e. The molecule has 2 aliphatic heterocycles. The molecule has 0 aromatic carbocycles. The normalized spacial score (nSPS) is 14.8. The van der Waals surface area contributed by atoms with E-state index in [1.54, 1.807) is 6.33 Å². The van der Waals surface area contributed by atoms with Crippen LogP contribution in [0.3, 0.4) is 0 Å². The van der Waals surface area contributed by atoms with Crippen LogP contribution in [-0.2, 0) is 0 Å². The van der Waals surface area contributed by atoms with E-state index in [9.17, 15) is 0 Å². The Morgan fingerprint density at radius 2 is 2.19 bits per heavy atom. The molecule has 0 aromatic heterocycles. The summed E-state index contributed by atoms with van der Waals surface area (Å²) in [5.41, 5.74) is 0.881. The maximum atomic E-state index is 4.38. The highest BCUT2D eigenvalue weighted by atomic mass is 35.5. The van der Waals surface area contributed by atoms with Crippen LogP contribution in [0.5, 0.6) is 0 Å². The molecule has 2 heterocycles. The third-order valence-corrected chi connectivity index (χ3v) is 2.64. The predicted octanol–water partition coefficient (Wildman–Crippen LogP) is 1.97. The number of anilines is 1. The summed E-state index contributed by atoms with van der Waals surface area (Å²) in [6.07, 6.45) is 5.93. The van der Waals surface area contributed by atoms with Crippen molar-refractivity contribution in [3.05, 3.63) is 12.7 Å². The zero-order chi connectivity index (χ0) is 10.3. The largest absolute Gasteiger partial charge is 0.368 e. The number of hydrogen-bond donors (Lipinski definition) is 1. The quantitative estimate of drug-likeness (QED) is 0.890. The van der Waals surface area contributed by atoms with Crippen LogP contribution >= 0.6 is 12.4 Å². The first-order valence-electron chi connectivity index (χ1n) is 5.31. The second-order valence-electron chi connectivity index (χ2n) is 3.81. The topological polar surface area (TPSA) is 55.6 Å². The van der Waals surface area contributed by atoms with Crippen LogP contribution in [0.15, 0.2) is 12.7 Å². The van der Waals surface area contributed by atoms with Crippen molar-refractivity contribution in [1.29, 1.82) is 0 Å². The molecule has 3 rings (SSSR count). The lowest BCUT2D eigenvalue weighted by Gasteiger charge is -2.12. The first kappa shape index (κ1) is 11.1. The van der Waals surface area contributed by atoms with Crippen molar-refractivity contribution in [2.45, 2.75) is 25.8 Å². The zero-order valence-corrected chi connectivity index (χ0v) is 9.87. The van der Waals surface area contributed by atoms with E-state index in [4.69, 9.17) is 0 Å². The lowest BCUT2D eigenvalue weighted by molar-refractivity contribution is 0.712. The van der Waals surface area contributed by atoms with Crippen molar-refractivity contribution < 1.29 is 0 Å². The van der Waals surface area contributed by atoms with Gasteiger partial charge in [-0.2, -0.15) is 0 Å². The summed E-state index contributed by atoms with van der Waals surface area (Å²) in [6.45, 7) is 2.90. The monoisotopic (exact) mass is 239 g/mol. The number of nitrogens with one attached hydrogen (secondary N) is 1. The molecule has 0 amide bonds. The van der Waals surface area contributed by atoms with Crippen molar-refractivity contribution in [3.8, 4) is 11.5 Å². The van der Waals surface area contributed by atoms with Gasteiger partial charge < -0.3 is 9.88 Å². The molecule has 0 unspecified atom stereocenters. The fourth-order valence-corrected chi connectivity index (χ4v) is 1.77. The summed E-state index contributed by atoms with van der Waals surface area (Å²) in [4.78, 5) is 12.9. The summed E-state index contributed by atoms with van der Waals surface area (Å²) < 4.78 is 2.13. The average molecular weight is 240 g/mol. The van der Waals surface area contributed by atoms with Gasteiger partial charge >= 0.3 is 0 Å². The molecular formula is C10H14ClN5. The molecule has 0 bridgehead atoms. The molecule has 0 atom stereocenters. The van der Waals surface area contributed by atoms with Crippen LogP contribution in [-0.4, -0.2) is 26.1 Å². The summed E-state index contributed by atoms with van der Waals surface area (Å²) in [5, 5.41) is 3.20. The van der Waals surface area contributed by atoms with Crippen LogP contribution in [0.2, 0.25) is 0 Å². The van der Waals surface area contributed by atoms with E-state index < -0.39 is 0 Å². The standard InChI is InChI=1S/C10H13N5.ClH/c1-2-11-9-8-10(13-5-12-8)15(6-14-9)7-3-4-7;/h5-7,11H,2-4H2,1H3;1H. The predicted molar refractivity (Wildman–Crippen MR) is 64.1 cm³/mol. The van der Waals surface area contributed by atoms with Gasteiger partial charge in [-0.25, -0.2) is 15.0 Å². The van der Waals surface area contributed by atoms with Gasteiger partial charge in [0.15, 0.2) is 17.3 Å². The first-order chi connectivity index (χ1) is 7.40. The maximum absolute atomic E-state index is 4.38. The molecule has 16 heavy (non-hydrogen) atoms. The van der Waals surface area contributed by atoms with Crippen molar-refractivity contribution >= 4 is 18.2 Å². The molecule has 0 spiro atoms. The second-order valence-corrected chi connectivity index (χ2v) is 3.81. The van der Waals surface area contributed by atoms with Gasteiger partial charge in [-0.3, -0.25) is 0 Å². The van der Waals surface area contributed by atoms with Crippen LogP contribution < -0.4 is 5.32 Å². The Labute approximate surface area is 100 Å². The molecule has 1 saturated carbocycles. The third-order valence-electron chi connectivity index (χ3n) is 2.64. The number of hydrogen-bond acceptors (Lipinski definition) is 4. The average Bonchev–Trinajstić information content (AvgIpc) is 2.96. The maximum Gasteiger partial charge on any atom is 0.165 e. The second kappa shape index (κ2) is 4.25. The minimum Gasteiger partial charge on any atom is -0.368 e. The number of rotatable bonds is 3. The number of fused-ring (bicyclic) bond motifs is 1. The van der Waals surface area contributed by atoms with E-state index in [2.05, 4.69) is 24.8 Å². The Balaban J connectivity index is 0.000000963. The number of aromatic nitrogens is 4. The van der Waals surface area contributed by atoms with Gasteiger partial charge in [-0.15, -0.1) is 12.4 Å². The van der Waals surface area contributed by atoms with Crippen LogP contribution in [0, 0.1) is 0 Å². The minimum atomic E-state index is 0. The molecule has 86 valence electrons. The molecule has 1 fully saturated rings. The van der Waals surface area contributed by atoms with Gasteiger partial charge in [-0.05, 0) is 19.8 Å². The zero-order valence-electron chi connectivity index (χ0n) is 9.05. The Kier molecular flexibility index (Phi) is 2.96. The fraction of sp³-hybridized carbons (Fsp3) is 0.500. The lowest BCUT2D eigenvalue weighted by Crippen LogP contribution is -2.08. The minimum absolute atomic E-state index is 0. The molecule has 0 aromatic rings. The number of nitrogens with zero attached hydrogens (tertiary/aromatic N) is 4. The van der Waals surface area contributed by atoms with Crippen molar-refractivity contribution in [2.24, 2.45) is 0 Å². The summed E-state index contributed by atoms with van der Waals surface area (Å²) >= 11 is 0. The summed E-state index contributed by atoms with van der Waals surface area (Å²) in [5.74, 6) is 1.78. The molecule has 1 N–H and O–H groups in total. The van der Waals surface area contributed by atoms with Gasteiger partial charge in [-0.1, -0.05) is 0 Å². The highest BCUT2D eigenvalue weighted by molar-refractivity contribution is 5.85. The lowest BCUT2D eigenvalue weighted by atomic mass is 10.3. The number of imidazole rings is 1. The molecule has 6 heteroatoms. The first-order valence-corrected chi connectivity index (χ1v) is 5.31. The van der Waals surface area contributed by atoms with E-state index >= 15 is 0 Å². The van der Waals surface area contributed by atoms with Gasteiger partial charge in [0.2, 0.25) is 0 Å². The van der Waals surface area contributed by atoms with E-state index in [1.165, 1.54) is 12.8 Å². The van der Waals surface area contributed by atoms with Gasteiger partial charge in [0.1, 0.15) is 6.33 Å². The van der Waals surface area contributed by atoms with E-state index in [-0.39, 0.29) is 12.4 Å². The van der Waals surface area contributed by atoms with Crippen molar-refractivity contribution in [1.82, 2.24) is 19.5 Å². The Hall–Kier alpha value is -1.36. The molecular weight excluding hydrogens is 226 g/mol. The van der Waals surface area contributed by atoms with Crippen LogP contribution in [0.25, 0.3) is 11.5 Å². The molecule has 1 aliphatic carbocycles. The Morgan fingerprint density at radius 1 is 1.38 bits per heavy atom. The highest BCUT2D eigenvalue weighted by Gasteiger charge is 2.28. The van der Waals surface area contributed by atoms with E-state index in [1.807, 2.05) is 13.3 Å². The van der Waals surface area contributed by atoms with Crippen molar-refractivity contribution in [3.63, 3.8) is 0 Å². The highest BCUT2D eigenvalue weighted by Crippen LogP contribution is 2.38. The molecule has 5 nitrogen and oxygen atoms in total. The fourth-order valence-electron chi connectivity index (χ4n) is 1.77. The van der Waals surface area contributed by atoms with Gasteiger partial charge in [0.25, 0.3) is 0 Å². The Bertz CT molecular complexity index is 451. The molecule has 0 radical (unpaired) electrons. The van der Waals surface area contributed by atoms with Gasteiger partial charge in [0, 0.05) is 12.6 Å². The SMILES string of the molecule is CCNc1ncn(C2CC2)c2ncnc1-2.Cl. The van der Waals surface area contributed by atoms with Crippen LogP contribution in [0.1, 0.15) is 25.8 Å². The van der Waals surface area contributed by atoms with E-state index in [0.29, 0.717) is 6.04 Å². The number of halogens is 1. The summed E-state index contributed by atoms with van der Waals surface area (Å²) in [7, 11) is 0. The van der Waals surface area contributed by atoms with Gasteiger partial charge in [0.05, 0.1) is 6.33 Å². The molecule has 0 saturated heterocycles. The van der Waals surface area contributed by atoms with Crippen LogP contribution in [0.4, 0.5) is 5.82 Å². The van der Waals surface area contributed by atoms with Crippen molar-refractivity contribution in [2.75, 3.05) is 11.9 Å². The Morgan fingerprint density at radius 3 is 2.88 bits per heavy atom.